The van der Waals surface area contributed by atoms with Crippen LogP contribution in [0.3, 0.4) is 0 Å². The second-order valence-corrected chi connectivity index (χ2v) is 4.87. The summed E-state index contributed by atoms with van der Waals surface area (Å²) < 4.78 is 1.74. The van der Waals surface area contributed by atoms with E-state index in [0.29, 0.717) is 18.7 Å². The van der Waals surface area contributed by atoms with Crippen molar-refractivity contribution in [3.05, 3.63) is 47.5 Å². The van der Waals surface area contributed by atoms with Gasteiger partial charge in [-0.15, -0.1) is 24.0 Å². The van der Waals surface area contributed by atoms with Crippen LogP contribution in [0, 0.1) is 11.3 Å². The number of nitrogens with zero attached hydrogens (tertiary/aromatic N) is 6. The van der Waals surface area contributed by atoms with Crippen LogP contribution in [0.4, 0.5) is 0 Å². The van der Waals surface area contributed by atoms with Gasteiger partial charge >= 0.3 is 0 Å². The molecule has 0 bridgehead atoms. The molecular weight excluding hydrogens is 405 g/mol. The van der Waals surface area contributed by atoms with E-state index in [0.717, 1.165) is 17.3 Å². The first-order valence-corrected chi connectivity index (χ1v) is 6.87. The van der Waals surface area contributed by atoms with Crippen LogP contribution in [0.25, 0.3) is 0 Å². The normalized spacial score (nSPS) is 10.6. The van der Waals surface area contributed by atoms with Crippen LogP contribution in [0.5, 0.6) is 0 Å². The number of nitrogens with one attached hydrogen (secondary N) is 1. The lowest BCUT2D eigenvalue weighted by Crippen LogP contribution is -2.38. The van der Waals surface area contributed by atoms with E-state index < -0.39 is 0 Å². The van der Waals surface area contributed by atoms with Crippen molar-refractivity contribution >= 4 is 29.9 Å². The minimum absolute atomic E-state index is 0. The molecule has 0 atom stereocenters. The fourth-order valence-electron chi connectivity index (χ4n) is 2.01. The fourth-order valence-corrected chi connectivity index (χ4v) is 2.01. The SMILES string of the molecule is CN=C(NCc1ccc(C#N)cc1)N(C)Cc1ncnn1C.I. The summed E-state index contributed by atoms with van der Waals surface area (Å²) in [7, 11) is 5.56. The third-order valence-corrected chi connectivity index (χ3v) is 3.29. The smallest absolute Gasteiger partial charge is 0.194 e. The Morgan fingerprint density at radius 2 is 2.09 bits per heavy atom. The second kappa shape index (κ2) is 9.09. The van der Waals surface area contributed by atoms with Crippen LogP contribution in [0.1, 0.15) is 17.0 Å². The molecule has 1 N–H and O–H groups in total. The first kappa shape index (κ1) is 18.9. The van der Waals surface area contributed by atoms with E-state index in [1.165, 1.54) is 6.33 Å². The monoisotopic (exact) mass is 425 g/mol. The molecule has 122 valence electrons. The number of hydrogen-bond acceptors (Lipinski definition) is 4. The van der Waals surface area contributed by atoms with Crippen LogP contribution in [0.2, 0.25) is 0 Å². The molecule has 0 spiro atoms. The summed E-state index contributed by atoms with van der Waals surface area (Å²) in [6.45, 7) is 1.26. The Morgan fingerprint density at radius 3 is 2.61 bits per heavy atom. The van der Waals surface area contributed by atoms with E-state index in [9.17, 15) is 0 Å². The topological polar surface area (TPSA) is 82.1 Å². The molecule has 0 fully saturated rings. The molecule has 2 aromatic rings. The fraction of sp³-hybridized carbons (Fsp3) is 0.333. The Hall–Kier alpha value is -2.15. The molecule has 0 saturated heterocycles. The first-order valence-electron chi connectivity index (χ1n) is 6.87. The maximum atomic E-state index is 8.80. The van der Waals surface area contributed by atoms with Crippen molar-refractivity contribution in [3.8, 4) is 6.07 Å². The Labute approximate surface area is 153 Å². The van der Waals surface area contributed by atoms with Crippen LogP contribution in [-0.2, 0) is 20.1 Å². The molecule has 0 aliphatic rings. The van der Waals surface area contributed by atoms with Gasteiger partial charge in [0, 0.05) is 27.7 Å². The van der Waals surface area contributed by atoms with Gasteiger partial charge in [0.15, 0.2) is 5.96 Å². The van der Waals surface area contributed by atoms with E-state index in [4.69, 9.17) is 5.26 Å². The number of aryl methyl sites for hydroxylation is 1. The summed E-state index contributed by atoms with van der Waals surface area (Å²) in [5.41, 5.74) is 1.75. The maximum absolute atomic E-state index is 8.80. The van der Waals surface area contributed by atoms with Gasteiger partial charge in [-0.1, -0.05) is 12.1 Å². The number of aliphatic imine (C=N–C) groups is 1. The van der Waals surface area contributed by atoms with Gasteiger partial charge in [0.1, 0.15) is 12.2 Å². The second-order valence-electron chi connectivity index (χ2n) is 4.87. The molecule has 0 amide bonds. The molecule has 0 radical (unpaired) electrons. The third kappa shape index (κ3) is 5.21. The lowest BCUT2D eigenvalue weighted by atomic mass is 10.1. The van der Waals surface area contributed by atoms with Crippen LogP contribution >= 0.6 is 24.0 Å². The van der Waals surface area contributed by atoms with E-state index in [-0.39, 0.29) is 24.0 Å². The molecule has 0 saturated carbocycles. The van der Waals surface area contributed by atoms with Gasteiger partial charge < -0.3 is 10.2 Å². The van der Waals surface area contributed by atoms with Gasteiger partial charge in [-0.3, -0.25) is 9.67 Å². The van der Waals surface area contributed by atoms with Gasteiger partial charge in [-0.25, -0.2) is 4.98 Å². The zero-order chi connectivity index (χ0) is 15.9. The Balaban J connectivity index is 0.00000264. The van der Waals surface area contributed by atoms with Crippen LogP contribution in [-0.4, -0.2) is 39.7 Å². The van der Waals surface area contributed by atoms with Gasteiger partial charge in [0.05, 0.1) is 18.2 Å². The number of rotatable bonds is 4. The lowest BCUT2D eigenvalue weighted by molar-refractivity contribution is 0.448. The summed E-state index contributed by atoms with van der Waals surface area (Å²) in [4.78, 5) is 10.5. The minimum atomic E-state index is 0. The molecule has 2 rings (SSSR count). The zero-order valence-electron chi connectivity index (χ0n) is 13.4. The number of hydrogen-bond donors (Lipinski definition) is 1. The third-order valence-electron chi connectivity index (χ3n) is 3.29. The van der Waals surface area contributed by atoms with E-state index in [1.807, 2.05) is 43.3 Å². The van der Waals surface area contributed by atoms with Gasteiger partial charge in [-0.2, -0.15) is 10.4 Å². The van der Waals surface area contributed by atoms with Crippen molar-refractivity contribution in [2.45, 2.75) is 13.1 Å². The number of benzene rings is 1. The molecule has 0 unspecified atom stereocenters. The van der Waals surface area contributed by atoms with E-state index in [2.05, 4.69) is 26.5 Å². The van der Waals surface area contributed by atoms with E-state index >= 15 is 0 Å². The summed E-state index contributed by atoms with van der Waals surface area (Å²) in [6.07, 6.45) is 1.54. The largest absolute Gasteiger partial charge is 0.352 e. The Bertz CT molecular complexity index is 685. The van der Waals surface area contributed by atoms with Crippen LogP contribution < -0.4 is 5.32 Å². The molecule has 1 heterocycles. The Morgan fingerprint density at radius 1 is 1.39 bits per heavy atom. The first-order chi connectivity index (χ1) is 10.6. The Kier molecular flexibility index (Phi) is 7.47. The van der Waals surface area contributed by atoms with Crippen LogP contribution in [0.15, 0.2) is 35.6 Å². The molecule has 23 heavy (non-hydrogen) atoms. The predicted octanol–water partition coefficient (Wildman–Crippen LogP) is 1.51. The molecule has 0 aliphatic carbocycles. The van der Waals surface area contributed by atoms with Crippen molar-refractivity contribution in [1.29, 1.82) is 5.26 Å². The highest BCUT2D eigenvalue weighted by Gasteiger charge is 2.09. The molecule has 8 heteroatoms. The van der Waals surface area contributed by atoms with Crippen molar-refractivity contribution < 1.29 is 0 Å². The van der Waals surface area contributed by atoms with E-state index in [1.54, 1.807) is 11.7 Å². The lowest BCUT2D eigenvalue weighted by Gasteiger charge is -2.21. The standard InChI is InChI=1S/C15H19N7.HI/c1-17-15(21(2)10-14-19-11-20-22(14)3)18-9-13-6-4-12(8-16)5-7-13;/h4-7,11H,9-10H2,1-3H3,(H,17,18);1H. The highest BCUT2D eigenvalue weighted by molar-refractivity contribution is 14.0. The van der Waals surface area contributed by atoms with Gasteiger partial charge in [-0.05, 0) is 17.7 Å². The number of aromatic nitrogens is 3. The van der Waals surface area contributed by atoms with Crippen molar-refractivity contribution in [3.63, 3.8) is 0 Å². The van der Waals surface area contributed by atoms with Crippen molar-refractivity contribution in [2.24, 2.45) is 12.0 Å². The molecule has 0 aliphatic heterocycles. The summed E-state index contributed by atoms with van der Waals surface area (Å²) in [5, 5.41) is 16.1. The summed E-state index contributed by atoms with van der Waals surface area (Å²) >= 11 is 0. The van der Waals surface area contributed by atoms with Crippen molar-refractivity contribution in [1.82, 2.24) is 25.0 Å². The average molecular weight is 425 g/mol. The number of guanidine groups is 1. The van der Waals surface area contributed by atoms with Gasteiger partial charge in [0.2, 0.25) is 0 Å². The molecular formula is C15H20IN7. The van der Waals surface area contributed by atoms with Gasteiger partial charge in [0.25, 0.3) is 0 Å². The average Bonchev–Trinajstić information content (AvgIpc) is 2.93. The molecule has 1 aromatic carbocycles. The predicted molar refractivity (Wildman–Crippen MR) is 99.2 cm³/mol. The quantitative estimate of drug-likeness (QED) is 0.456. The molecule has 7 nitrogen and oxygen atoms in total. The number of nitriles is 1. The number of halogens is 1. The maximum Gasteiger partial charge on any atom is 0.194 e. The summed E-state index contributed by atoms with van der Waals surface area (Å²) in [5.74, 6) is 1.64. The molecule has 1 aromatic heterocycles. The zero-order valence-corrected chi connectivity index (χ0v) is 15.7. The highest BCUT2D eigenvalue weighted by atomic mass is 127. The highest BCUT2D eigenvalue weighted by Crippen LogP contribution is 2.04. The van der Waals surface area contributed by atoms with Crippen molar-refractivity contribution in [2.75, 3.05) is 14.1 Å². The minimum Gasteiger partial charge on any atom is -0.352 e. The summed E-state index contributed by atoms with van der Waals surface area (Å²) in [6, 6.07) is 9.59.